The van der Waals surface area contributed by atoms with Gasteiger partial charge in [0, 0.05) is 37.8 Å². The molecule has 1 aromatic heterocycles. The van der Waals surface area contributed by atoms with E-state index in [2.05, 4.69) is 9.88 Å². The molecular formula is C13H17N3O4S. The van der Waals surface area contributed by atoms with Gasteiger partial charge in [-0.15, -0.1) is 11.3 Å². The van der Waals surface area contributed by atoms with Crippen molar-refractivity contribution in [2.75, 3.05) is 31.1 Å². The van der Waals surface area contributed by atoms with Crippen LogP contribution >= 0.6 is 11.3 Å². The number of ether oxygens (including phenoxy) is 1. The molecule has 2 aliphatic heterocycles. The smallest absolute Gasteiger partial charge is 0.332 e. The van der Waals surface area contributed by atoms with Crippen LogP contribution in [-0.2, 0) is 14.3 Å². The highest BCUT2D eigenvalue weighted by Crippen LogP contribution is 2.23. The fourth-order valence-corrected chi connectivity index (χ4v) is 3.39. The highest BCUT2D eigenvalue weighted by molar-refractivity contribution is 7.13. The molecule has 0 radical (unpaired) electrons. The van der Waals surface area contributed by atoms with Crippen molar-refractivity contribution in [2.24, 2.45) is 0 Å². The van der Waals surface area contributed by atoms with Crippen LogP contribution in [0.1, 0.15) is 12.8 Å². The van der Waals surface area contributed by atoms with Crippen LogP contribution in [0.5, 0.6) is 0 Å². The first-order chi connectivity index (χ1) is 10.1. The number of aliphatic carboxylic acids is 1. The molecule has 2 aliphatic rings. The van der Waals surface area contributed by atoms with E-state index in [9.17, 15) is 9.59 Å². The first-order valence-electron chi connectivity index (χ1n) is 6.96. The lowest BCUT2D eigenvalue weighted by Crippen LogP contribution is -2.51. The zero-order chi connectivity index (χ0) is 14.8. The van der Waals surface area contributed by atoms with E-state index in [1.807, 2.05) is 5.38 Å². The second kappa shape index (κ2) is 5.98. The van der Waals surface area contributed by atoms with Gasteiger partial charge in [-0.2, -0.15) is 0 Å². The van der Waals surface area contributed by atoms with Crippen molar-refractivity contribution in [3.05, 3.63) is 11.6 Å². The summed E-state index contributed by atoms with van der Waals surface area (Å²) < 4.78 is 5.32. The van der Waals surface area contributed by atoms with Gasteiger partial charge in [-0.25, -0.2) is 9.78 Å². The first-order valence-corrected chi connectivity index (χ1v) is 7.84. The van der Waals surface area contributed by atoms with E-state index in [-0.39, 0.29) is 5.91 Å². The van der Waals surface area contributed by atoms with E-state index in [4.69, 9.17) is 9.84 Å². The van der Waals surface area contributed by atoms with Gasteiger partial charge in [0.25, 0.3) is 5.91 Å². The summed E-state index contributed by atoms with van der Waals surface area (Å²) in [5, 5.41) is 11.8. The van der Waals surface area contributed by atoms with Gasteiger partial charge in [-0.1, -0.05) is 0 Å². The maximum absolute atomic E-state index is 12.3. The molecule has 1 aromatic rings. The standard InChI is InChI=1S/C13H17N3O4S/c17-11(9-1-2-10(20-9)12(18)19)15-4-6-16(7-5-15)13-14-3-8-21-13/h3,8-10H,1-2,4-7H2,(H,18,19). The second-order valence-corrected chi connectivity index (χ2v) is 6.03. The number of piperazine rings is 1. The summed E-state index contributed by atoms with van der Waals surface area (Å²) in [5.41, 5.74) is 0. The van der Waals surface area contributed by atoms with E-state index in [1.165, 1.54) is 0 Å². The summed E-state index contributed by atoms with van der Waals surface area (Å²) in [4.78, 5) is 31.4. The molecule has 2 saturated heterocycles. The van der Waals surface area contributed by atoms with E-state index < -0.39 is 18.2 Å². The normalized spacial score (nSPS) is 26.1. The third kappa shape index (κ3) is 3.01. The quantitative estimate of drug-likeness (QED) is 0.871. The Morgan fingerprint density at radius 1 is 1.24 bits per heavy atom. The van der Waals surface area contributed by atoms with Crippen molar-refractivity contribution in [1.29, 1.82) is 0 Å². The highest BCUT2D eigenvalue weighted by atomic mass is 32.1. The lowest BCUT2D eigenvalue weighted by molar-refractivity contribution is -0.154. The molecule has 7 nitrogen and oxygen atoms in total. The molecule has 2 atom stereocenters. The maximum Gasteiger partial charge on any atom is 0.332 e. The molecule has 3 rings (SSSR count). The number of nitrogens with zero attached hydrogens (tertiary/aromatic N) is 3. The predicted molar refractivity (Wildman–Crippen MR) is 76.4 cm³/mol. The Hall–Kier alpha value is -1.67. The van der Waals surface area contributed by atoms with Crippen LogP contribution in [0.4, 0.5) is 5.13 Å². The SMILES string of the molecule is O=C(O)C1CCC(C(=O)N2CCN(c3nccs3)CC2)O1. The number of hydrogen-bond acceptors (Lipinski definition) is 6. The third-order valence-electron chi connectivity index (χ3n) is 3.85. The maximum atomic E-state index is 12.3. The monoisotopic (exact) mass is 311 g/mol. The molecule has 2 unspecified atom stereocenters. The van der Waals surface area contributed by atoms with Gasteiger partial charge >= 0.3 is 5.97 Å². The zero-order valence-electron chi connectivity index (χ0n) is 11.5. The van der Waals surface area contributed by atoms with Gasteiger partial charge in [0.2, 0.25) is 0 Å². The number of amides is 1. The molecule has 0 aromatic carbocycles. The average Bonchev–Trinajstić information content (AvgIpc) is 3.18. The van der Waals surface area contributed by atoms with Crippen LogP contribution in [-0.4, -0.2) is 65.3 Å². The fraction of sp³-hybridized carbons (Fsp3) is 0.615. The fourth-order valence-electron chi connectivity index (χ4n) is 2.69. The minimum absolute atomic E-state index is 0.0856. The van der Waals surface area contributed by atoms with Gasteiger partial charge < -0.3 is 19.6 Å². The number of hydrogen-bond donors (Lipinski definition) is 1. The van der Waals surface area contributed by atoms with Gasteiger partial charge in [0.15, 0.2) is 11.2 Å². The highest BCUT2D eigenvalue weighted by Gasteiger charge is 2.37. The predicted octanol–water partition coefficient (Wildman–Crippen LogP) is 0.424. The Morgan fingerprint density at radius 2 is 1.95 bits per heavy atom. The third-order valence-corrected chi connectivity index (χ3v) is 4.68. The summed E-state index contributed by atoms with van der Waals surface area (Å²) in [5.74, 6) is -1.07. The number of rotatable bonds is 3. The molecule has 114 valence electrons. The Morgan fingerprint density at radius 3 is 2.52 bits per heavy atom. The second-order valence-electron chi connectivity index (χ2n) is 5.16. The number of aromatic nitrogens is 1. The van der Waals surface area contributed by atoms with Gasteiger partial charge in [-0.3, -0.25) is 4.79 Å². The van der Waals surface area contributed by atoms with E-state index in [1.54, 1.807) is 22.4 Å². The summed E-state index contributed by atoms with van der Waals surface area (Å²) in [6.45, 7) is 2.73. The van der Waals surface area contributed by atoms with E-state index in [0.717, 1.165) is 18.2 Å². The molecule has 0 saturated carbocycles. The Kier molecular flexibility index (Phi) is 4.07. The molecule has 0 aliphatic carbocycles. The number of thiazole rings is 1. The molecule has 8 heteroatoms. The van der Waals surface area contributed by atoms with E-state index >= 15 is 0 Å². The van der Waals surface area contributed by atoms with Crippen LogP contribution < -0.4 is 4.90 Å². The lowest BCUT2D eigenvalue weighted by Gasteiger charge is -2.35. The van der Waals surface area contributed by atoms with Gasteiger partial charge in [-0.05, 0) is 12.8 Å². The molecule has 2 fully saturated rings. The van der Waals surface area contributed by atoms with Crippen LogP contribution in [0.15, 0.2) is 11.6 Å². The average molecular weight is 311 g/mol. The summed E-state index contributed by atoms with van der Waals surface area (Å²) in [7, 11) is 0. The van der Waals surface area contributed by atoms with Crippen molar-refractivity contribution in [1.82, 2.24) is 9.88 Å². The van der Waals surface area contributed by atoms with Gasteiger partial charge in [0.05, 0.1) is 0 Å². The van der Waals surface area contributed by atoms with Crippen LogP contribution in [0.25, 0.3) is 0 Å². The first kappa shape index (κ1) is 14.3. The van der Waals surface area contributed by atoms with Crippen molar-refractivity contribution < 1.29 is 19.4 Å². The number of carboxylic acid groups (broad SMARTS) is 1. The Balaban J connectivity index is 1.52. The lowest BCUT2D eigenvalue weighted by atomic mass is 10.1. The minimum atomic E-state index is -0.987. The molecule has 1 N–H and O–H groups in total. The minimum Gasteiger partial charge on any atom is -0.479 e. The number of carbonyl (C=O) groups is 2. The zero-order valence-corrected chi connectivity index (χ0v) is 12.3. The van der Waals surface area contributed by atoms with Crippen LogP contribution in [0, 0.1) is 0 Å². The Labute approximate surface area is 126 Å². The molecule has 0 spiro atoms. The molecular weight excluding hydrogens is 294 g/mol. The van der Waals surface area contributed by atoms with Crippen molar-refractivity contribution in [2.45, 2.75) is 25.0 Å². The molecule has 0 bridgehead atoms. The summed E-state index contributed by atoms with van der Waals surface area (Å²) in [6, 6.07) is 0. The summed E-state index contributed by atoms with van der Waals surface area (Å²) >= 11 is 1.59. The van der Waals surface area contributed by atoms with Crippen molar-refractivity contribution in [3.8, 4) is 0 Å². The number of carbonyl (C=O) groups excluding carboxylic acids is 1. The topological polar surface area (TPSA) is 83.0 Å². The van der Waals surface area contributed by atoms with E-state index in [0.29, 0.717) is 25.9 Å². The number of carboxylic acids is 1. The van der Waals surface area contributed by atoms with Crippen molar-refractivity contribution in [3.63, 3.8) is 0 Å². The van der Waals surface area contributed by atoms with Crippen LogP contribution in [0.2, 0.25) is 0 Å². The molecule has 1 amide bonds. The largest absolute Gasteiger partial charge is 0.479 e. The molecule has 21 heavy (non-hydrogen) atoms. The van der Waals surface area contributed by atoms with Gasteiger partial charge in [0.1, 0.15) is 6.10 Å². The van der Waals surface area contributed by atoms with Crippen LogP contribution in [0.3, 0.4) is 0 Å². The summed E-state index contributed by atoms with van der Waals surface area (Å²) in [6.07, 6.45) is 1.23. The Bertz CT molecular complexity index is 513. The molecule has 3 heterocycles. The van der Waals surface area contributed by atoms with Crippen molar-refractivity contribution >= 4 is 28.3 Å². The number of anilines is 1.